The van der Waals surface area contributed by atoms with Gasteiger partial charge in [0, 0.05) is 15.0 Å². The average molecular weight is 412 g/mol. The molecule has 0 unspecified atom stereocenters. The minimum Gasteiger partial charge on any atom is -0.332 e. The molecule has 0 aliphatic carbocycles. The summed E-state index contributed by atoms with van der Waals surface area (Å²) in [5.74, 6) is 0.631. The number of aromatic nitrogens is 2. The monoisotopic (exact) mass is 411 g/mol. The van der Waals surface area contributed by atoms with Gasteiger partial charge in [-0.3, -0.25) is 4.72 Å². The fraction of sp³-hybridized carbons (Fsp3) is 0.182. The lowest BCUT2D eigenvalue weighted by atomic mass is 10.3. The highest BCUT2D eigenvalue weighted by atomic mass is 127. The minimum absolute atomic E-state index is 0.0510. The first-order chi connectivity index (χ1) is 8.92. The summed E-state index contributed by atoms with van der Waals surface area (Å²) in [4.78, 5) is 6.75. The number of hydrogen-bond donors (Lipinski definition) is 2. The van der Waals surface area contributed by atoms with Crippen molar-refractivity contribution in [2.45, 2.75) is 18.4 Å². The maximum Gasteiger partial charge on any atom is 0.279 e. The zero-order chi connectivity index (χ0) is 14.0. The first-order valence-electron chi connectivity index (χ1n) is 5.44. The largest absolute Gasteiger partial charge is 0.332 e. The van der Waals surface area contributed by atoms with E-state index in [4.69, 9.17) is 11.6 Å². The van der Waals surface area contributed by atoms with Crippen LogP contribution < -0.4 is 4.72 Å². The number of nitrogens with zero attached hydrogens (tertiary/aromatic N) is 1. The van der Waals surface area contributed by atoms with Gasteiger partial charge in [-0.15, -0.1) is 0 Å². The minimum atomic E-state index is -3.65. The molecule has 0 aliphatic rings. The van der Waals surface area contributed by atoms with Crippen LogP contribution in [0.4, 0.5) is 5.69 Å². The Kier molecular flexibility index (Phi) is 4.36. The number of H-pyrrole nitrogens is 1. The zero-order valence-corrected chi connectivity index (χ0v) is 13.7. The van der Waals surface area contributed by atoms with Gasteiger partial charge in [-0.2, -0.15) is 8.42 Å². The Morgan fingerprint density at radius 3 is 2.79 bits per heavy atom. The van der Waals surface area contributed by atoms with E-state index in [0.717, 1.165) is 3.57 Å². The van der Waals surface area contributed by atoms with Crippen LogP contribution in [0, 0.1) is 3.57 Å². The Hall–Kier alpha value is -0.800. The zero-order valence-electron chi connectivity index (χ0n) is 9.94. The van der Waals surface area contributed by atoms with Crippen molar-refractivity contribution in [1.29, 1.82) is 0 Å². The number of aryl methyl sites for hydroxylation is 1. The first-order valence-corrected chi connectivity index (χ1v) is 8.38. The molecule has 0 saturated carbocycles. The topological polar surface area (TPSA) is 74.8 Å². The summed E-state index contributed by atoms with van der Waals surface area (Å²) >= 11 is 7.85. The molecule has 0 bridgehead atoms. The molecule has 2 N–H and O–H groups in total. The molecular weight excluding hydrogens is 401 g/mol. The summed E-state index contributed by atoms with van der Waals surface area (Å²) in [7, 11) is -3.65. The van der Waals surface area contributed by atoms with Crippen LogP contribution in [-0.2, 0) is 16.4 Å². The van der Waals surface area contributed by atoms with E-state index >= 15 is 0 Å². The third-order valence-electron chi connectivity index (χ3n) is 2.40. The molecule has 102 valence electrons. The van der Waals surface area contributed by atoms with E-state index in [0.29, 0.717) is 23.0 Å². The highest BCUT2D eigenvalue weighted by Gasteiger charge is 2.18. The molecule has 0 saturated heterocycles. The van der Waals surface area contributed by atoms with E-state index < -0.39 is 10.0 Å². The Labute approximate surface area is 130 Å². The van der Waals surface area contributed by atoms with E-state index in [-0.39, 0.29) is 5.03 Å². The second-order valence-corrected chi connectivity index (χ2v) is 7.03. The lowest BCUT2D eigenvalue weighted by Gasteiger charge is -2.08. The number of hydrogen-bond acceptors (Lipinski definition) is 3. The van der Waals surface area contributed by atoms with Gasteiger partial charge in [-0.05, 0) is 40.8 Å². The summed E-state index contributed by atoms with van der Waals surface area (Å²) in [6.45, 7) is 1.89. The second-order valence-electron chi connectivity index (χ2n) is 3.78. The van der Waals surface area contributed by atoms with Gasteiger partial charge in [0.2, 0.25) is 0 Å². The number of aromatic amines is 1. The van der Waals surface area contributed by atoms with Crippen molar-refractivity contribution in [1.82, 2.24) is 9.97 Å². The van der Waals surface area contributed by atoms with Gasteiger partial charge in [0.1, 0.15) is 5.82 Å². The number of halogens is 2. The van der Waals surface area contributed by atoms with Gasteiger partial charge >= 0.3 is 0 Å². The van der Waals surface area contributed by atoms with Crippen molar-refractivity contribution in [3.8, 4) is 0 Å². The lowest BCUT2D eigenvalue weighted by molar-refractivity contribution is 0.598. The number of benzene rings is 1. The fourth-order valence-corrected chi connectivity index (χ4v) is 3.64. The normalized spacial score (nSPS) is 11.5. The average Bonchev–Trinajstić information content (AvgIpc) is 2.82. The maximum absolute atomic E-state index is 12.1. The fourth-order valence-electron chi connectivity index (χ4n) is 1.43. The van der Waals surface area contributed by atoms with Crippen molar-refractivity contribution >= 4 is 49.9 Å². The van der Waals surface area contributed by atoms with Gasteiger partial charge in [0.25, 0.3) is 10.0 Å². The Morgan fingerprint density at radius 1 is 1.47 bits per heavy atom. The van der Waals surface area contributed by atoms with Gasteiger partial charge in [-0.1, -0.05) is 18.5 Å². The number of imidazole rings is 1. The maximum atomic E-state index is 12.1. The molecule has 1 heterocycles. The highest BCUT2D eigenvalue weighted by Crippen LogP contribution is 2.24. The third-order valence-corrected chi connectivity index (χ3v) is 4.81. The van der Waals surface area contributed by atoms with Crippen molar-refractivity contribution < 1.29 is 8.42 Å². The SMILES string of the molecule is CCc1ncc(S(=O)(=O)Nc2ccc(Cl)cc2I)[nH]1. The number of anilines is 1. The van der Waals surface area contributed by atoms with Crippen molar-refractivity contribution in [2.75, 3.05) is 4.72 Å². The predicted octanol–water partition coefficient (Wildman–Crippen LogP) is 3.03. The molecule has 0 amide bonds. The Balaban J connectivity index is 2.30. The predicted molar refractivity (Wildman–Crippen MR) is 82.9 cm³/mol. The molecular formula is C11H11ClIN3O2S. The molecule has 0 fully saturated rings. The number of sulfonamides is 1. The molecule has 2 aromatic rings. The van der Waals surface area contributed by atoms with E-state index in [2.05, 4.69) is 14.7 Å². The van der Waals surface area contributed by atoms with Crippen LogP contribution >= 0.6 is 34.2 Å². The molecule has 1 aromatic carbocycles. The van der Waals surface area contributed by atoms with E-state index in [1.54, 1.807) is 18.2 Å². The third kappa shape index (κ3) is 3.40. The number of rotatable bonds is 4. The van der Waals surface area contributed by atoms with Crippen molar-refractivity contribution in [3.05, 3.63) is 38.8 Å². The quantitative estimate of drug-likeness (QED) is 0.760. The number of nitrogens with one attached hydrogen (secondary N) is 2. The van der Waals surface area contributed by atoms with Crippen LogP contribution in [0.2, 0.25) is 5.02 Å². The van der Waals surface area contributed by atoms with E-state index in [9.17, 15) is 8.42 Å². The lowest BCUT2D eigenvalue weighted by Crippen LogP contribution is -2.14. The molecule has 0 radical (unpaired) electrons. The van der Waals surface area contributed by atoms with Crippen molar-refractivity contribution in [3.63, 3.8) is 0 Å². The summed E-state index contributed by atoms with van der Waals surface area (Å²) in [5, 5.41) is 0.609. The summed E-state index contributed by atoms with van der Waals surface area (Å²) in [5.41, 5.74) is 0.484. The molecule has 19 heavy (non-hydrogen) atoms. The van der Waals surface area contributed by atoms with Crippen molar-refractivity contribution in [2.24, 2.45) is 0 Å². The van der Waals surface area contributed by atoms with E-state index in [1.807, 2.05) is 29.5 Å². The van der Waals surface area contributed by atoms with Crippen LogP contribution in [0.3, 0.4) is 0 Å². The molecule has 0 spiro atoms. The smallest absolute Gasteiger partial charge is 0.279 e. The summed E-state index contributed by atoms with van der Waals surface area (Å²) < 4.78 is 27.5. The van der Waals surface area contributed by atoms with Crippen LogP contribution in [0.15, 0.2) is 29.4 Å². The summed E-state index contributed by atoms with van der Waals surface area (Å²) in [6.07, 6.45) is 1.96. The van der Waals surface area contributed by atoms with Crippen LogP contribution in [-0.4, -0.2) is 18.4 Å². The van der Waals surface area contributed by atoms with Gasteiger partial charge < -0.3 is 4.98 Å². The van der Waals surface area contributed by atoms with Gasteiger partial charge in [-0.25, -0.2) is 4.98 Å². The van der Waals surface area contributed by atoms with Crippen LogP contribution in [0.1, 0.15) is 12.7 Å². The molecule has 0 atom stereocenters. The molecule has 2 rings (SSSR count). The first kappa shape index (κ1) is 14.6. The molecule has 8 heteroatoms. The second kappa shape index (κ2) is 5.68. The van der Waals surface area contributed by atoms with Gasteiger partial charge in [0.15, 0.2) is 5.03 Å². The molecule has 1 aromatic heterocycles. The van der Waals surface area contributed by atoms with Crippen LogP contribution in [0.5, 0.6) is 0 Å². The molecule has 0 aliphatic heterocycles. The summed E-state index contributed by atoms with van der Waals surface area (Å²) in [6, 6.07) is 4.94. The standard InChI is InChI=1S/C11H11ClIN3O2S/c1-2-10-14-6-11(15-10)19(17,18)16-9-4-3-7(12)5-8(9)13/h3-6,16H,2H2,1H3,(H,14,15). The molecule has 5 nitrogen and oxygen atoms in total. The highest BCUT2D eigenvalue weighted by molar-refractivity contribution is 14.1. The van der Waals surface area contributed by atoms with E-state index in [1.165, 1.54) is 6.20 Å². The Morgan fingerprint density at radius 2 is 2.21 bits per heavy atom. The van der Waals surface area contributed by atoms with Gasteiger partial charge in [0.05, 0.1) is 11.9 Å². The van der Waals surface area contributed by atoms with Crippen LogP contribution in [0.25, 0.3) is 0 Å². The Bertz CT molecular complexity index is 700.